The van der Waals surface area contributed by atoms with Crippen molar-refractivity contribution in [2.75, 3.05) is 20.3 Å². The van der Waals surface area contributed by atoms with Crippen LogP contribution in [0, 0.1) is 6.92 Å². The van der Waals surface area contributed by atoms with Gasteiger partial charge in [-0.25, -0.2) is 4.79 Å². The van der Waals surface area contributed by atoms with Crippen molar-refractivity contribution in [3.63, 3.8) is 0 Å². The van der Waals surface area contributed by atoms with Crippen molar-refractivity contribution < 1.29 is 29.5 Å². The van der Waals surface area contributed by atoms with Crippen molar-refractivity contribution in [1.82, 2.24) is 0 Å². The Morgan fingerprint density at radius 3 is 2.72 bits per heavy atom. The van der Waals surface area contributed by atoms with Crippen LogP contribution in [-0.4, -0.2) is 36.5 Å². The molecule has 0 aromatic heterocycles. The third-order valence-electron chi connectivity index (χ3n) is 2.18. The van der Waals surface area contributed by atoms with E-state index in [1.165, 1.54) is 20.1 Å². The summed E-state index contributed by atoms with van der Waals surface area (Å²) in [5.41, 5.74) is 0.392. The van der Waals surface area contributed by atoms with E-state index < -0.39 is 5.97 Å². The van der Waals surface area contributed by atoms with Gasteiger partial charge < -0.3 is 19.8 Å². The maximum absolute atomic E-state index is 11.4. The predicted molar refractivity (Wildman–Crippen MR) is 62.9 cm³/mol. The van der Waals surface area contributed by atoms with Crippen LogP contribution in [0.3, 0.4) is 0 Å². The van der Waals surface area contributed by atoms with Gasteiger partial charge in [-0.15, -0.1) is 0 Å². The Morgan fingerprint density at radius 2 is 2.17 bits per heavy atom. The van der Waals surface area contributed by atoms with E-state index in [1.54, 1.807) is 0 Å². The minimum atomic E-state index is -0.618. The Bertz CT molecular complexity index is 446. The number of aromatic hydroxyl groups is 1. The zero-order valence-corrected chi connectivity index (χ0v) is 10.7. The van der Waals surface area contributed by atoms with Crippen LogP contribution in [0.5, 0.6) is 11.5 Å². The molecule has 7 heteroatoms. The SMILES string of the molecule is COC(=O)c1cc(Cl)c(OOCCO)c(O)c1C. The molecule has 0 amide bonds. The van der Waals surface area contributed by atoms with Gasteiger partial charge in [0.2, 0.25) is 5.75 Å². The molecule has 0 spiro atoms. The van der Waals surface area contributed by atoms with Crippen molar-refractivity contribution >= 4 is 17.6 Å². The zero-order valence-electron chi connectivity index (χ0n) is 9.90. The summed E-state index contributed by atoms with van der Waals surface area (Å²) in [6.07, 6.45) is 0. The van der Waals surface area contributed by atoms with Gasteiger partial charge in [0.15, 0.2) is 5.75 Å². The molecule has 0 fully saturated rings. The first-order valence-electron chi connectivity index (χ1n) is 5.03. The average Bonchev–Trinajstić information content (AvgIpc) is 2.37. The molecule has 0 saturated heterocycles. The monoisotopic (exact) mass is 276 g/mol. The molecule has 1 rings (SSSR count). The Labute approximate surface area is 109 Å². The summed E-state index contributed by atoms with van der Waals surface area (Å²) in [7, 11) is 1.22. The van der Waals surface area contributed by atoms with Gasteiger partial charge in [-0.05, 0) is 13.0 Å². The van der Waals surface area contributed by atoms with E-state index in [1.807, 2.05) is 0 Å². The molecule has 1 aromatic carbocycles. The van der Waals surface area contributed by atoms with Crippen LogP contribution in [0.15, 0.2) is 6.07 Å². The summed E-state index contributed by atoms with van der Waals surface area (Å²) in [6, 6.07) is 1.31. The van der Waals surface area contributed by atoms with E-state index in [-0.39, 0.29) is 40.9 Å². The maximum atomic E-state index is 11.4. The third kappa shape index (κ3) is 3.04. The van der Waals surface area contributed by atoms with Crippen molar-refractivity contribution in [3.05, 3.63) is 22.2 Å². The highest BCUT2D eigenvalue weighted by Gasteiger charge is 2.20. The molecule has 0 aliphatic rings. The van der Waals surface area contributed by atoms with E-state index in [0.717, 1.165) is 0 Å². The van der Waals surface area contributed by atoms with Crippen molar-refractivity contribution in [2.24, 2.45) is 0 Å². The fourth-order valence-electron chi connectivity index (χ4n) is 1.25. The van der Waals surface area contributed by atoms with Crippen LogP contribution >= 0.6 is 11.6 Å². The summed E-state index contributed by atoms with van der Waals surface area (Å²) in [4.78, 5) is 20.8. The molecule has 0 aliphatic carbocycles. The van der Waals surface area contributed by atoms with Gasteiger partial charge in [0.1, 0.15) is 6.61 Å². The highest BCUT2D eigenvalue weighted by molar-refractivity contribution is 6.32. The molecular formula is C11H13ClO6. The molecule has 0 bridgehead atoms. The van der Waals surface area contributed by atoms with Crippen LogP contribution in [0.4, 0.5) is 0 Å². The number of hydrogen-bond acceptors (Lipinski definition) is 6. The molecule has 1 aromatic rings. The van der Waals surface area contributed by atoms with Gasteiger partial charge in [0.05, 0.1) is 24.3 Å². The fraction of sp³-hybridized carbons (Fsp3) is 0.364. The maximum Gasteiger partial charge on any atom is 0.338 e. The lowest BCUT2D eigenvalue weighted by Crippen LogP contribution is -2.07. The number of carbonyl (C=O) groups excluding carboxylic acids is 1. The number of rotatable bonds is 5. The fourth-order valence-corrected chi connectivity index (χ4v) is 1.48. The highest BCUT2D eigenvalue weighted by atomic mass is 35.5. The van der Waals surface area contributed by atoms with E-state index in [0.29, 0.717) is 0 Å². The van der Waals surface area contributed by atoms with Crippen LogP contribution in [0.2, 0.25) is 5.02 Å². The van der Waals surface area contributed by atoms with Gasteiger partial charge in [0.25, 0.3) is 0 Å². The standard InChI is InChI=1S/C11H13ClO6/c1-6-7(11(15)16-2)5-8(12)10(9(6)14)18-17-4-3-13/h5,13-14H,3-4H2,1-2H3. The average molecular weight is 277 g/mol. The van der Waals surface area contributed by atoms with E-state index in [9.17, 15) is 9.90 Å². The molecule has 18 heavy (non-hydrogen) atoms. The summed E-state index contributed by atoms with van der Waals surface area (Å²) < 4.78 is 4.55. The van der Waals surface area contributed by atoms with Gasteiger partial charge in [-0.3, -0.25) is 0 Å². The number of carbonyl (C=O) groups is 1. The molecule has 0 unspecified atom stereocenters. The molecule has 0 radical (unpaired) electrons. The Balaban J connectivity index is 3.08. The first-order valence-corrected chi connectivity index (χ1v) is 5.41. The number of methoxy groups -OCH3 is 1. The molecule has 0 aliphatic heterocycles. The normalized spacial score (nSPS) is 10.2. The van der Waals surface area contributed by atoms with Crippen molar-refractivity contribution in [3.8, 4) is 11.5 Å². The summed E-state index contributed by atoms with van der Waals surface area (Å²) in [6.45, 7) is 1.20. The number of halogens is 1. The van der Waals surface area contributed by atoms with Crippen LogP contribution in [0.25, 0.3) is 0 Å². The van der Waals surface area contributed by atoms with E-state index >= 15 is 0 Å². The second kappa shape index (κ2) is 6.44. The highest BCUT2D eigenvalue weighted by Crippen LogP contribution is 2.39. The molecule has 6 nitrogen and oxygen atoms in total. The number of phenols is 1. The molecule has 100 valence electrons. The Morgan fingerprint density at radius 1 is 1.50 bits per heavy atom. The Kier molecular flexibility index (Phi) is 5.21. The van der Waals surface area contributed by atoms with Crippen LogP contribution in [-0.2, 0) is 9.62 Å². The topological polar surface area (TPSA) is 85.2 Å². The molecule has 2 N–H and O–H groups in total. The first kappa shape index (κ1) is 14.6. The van der Waals surface area contributed by atoms with Gasteiger partial charge >= 0.3 is 5.97 Å². The lowest BCUT2D eigenvalue weighted by atomic mass is 10.1. The number of benzene rings is 1. The smallest absolute Gasteiger partial charge is 0.338 e. The van der Waals surface area contributed by atoms with Gasteiger partial charge in [0, 0.05) is 5.56 Å². The number of esters is 1. The van der Waals surface area contributed by atoms with E-state index in [4.69, 9.17) is 21.6 Å². The number of aliphatic hydroxyl groups is 1. The summed E-state index contributed by atoms with van der Waals surface area (Å²) in [5.74, 6) is -1.05. The third-order valence-corrected chi connectivity index (χ3v) is 2.47. The van der Waals surface area contributed by atoms with Crippen LogP contribution < -0.4 is 4.89 Å². The first-order chi connectivity index (χ1) is 8.52. The minimum Gasteiger partial charge on any atom is -0.504 e. The van der Waals surface area contributed by atoms with Crippen molar-refractivity contribution in [1.29, 1.82) is 0 Å². The summed E-state index contributed by atoms with van der Waals surface area (Å²) >= 11 is 5.85. The van der Waals surface area contributed by atoms with Crippen LogP contribution in [0.1, 0.15) is 15.9 Å². The zero-order chi connectivity index (χ0) is 13.7. The molecule has 0 saturated carbocycles. The minimum absolute atomic E-state index is 0.00330. The lowest BCUT2D eigenvalue weighted by molar-refractivity contribution is -0.213. The summed E-state index contributed by atoms with van der Waals surface area (Å²) in [5, 5.41) is 18.4. The van der Waals surface area contributed by atoms with E-state index in [2.05, 4.69) is 9.62 Å². The number of phenolic OH excluding ortho intramolecular Hbond substituents is 1. The number of hydrogen-bond donors (Lipinski definition) is 2. The number of ether oxygens (including phenoxy) is 1. The van der Waals surface area contributed by atoms with Gasteiger partial charge in [-0.2, -0.15) is 4.89 Å². The molecule has 0 atom stereocenters. The Hall–Kier alpha value is -1.50. The second-order valence-corrected chi connectivity index (χ2v) is 3.74. The quantitative estimate of drug-likeness (QED) is 0.366. The second-order valence-electron chi connectivity index (χ2n) is 3.33. The molecule has 0 heterocycles. The predicted octanol–water partition coefficient (Wildman–Crippen LogP) is 1.44. The van der Waals surface area contributed by atoms with Gasteiger partial charge in [-0.1, -0.05) is 11.6 Å². The molecular weight excluding hydrogens is 264 g/mol. The van der Waals surface area contributed by atoms with Crippen molar-refractivity contribution in [2.45, 2.75) is 6.92 Å². The largest absolute Gasteiger partial charge is 0.504 e. The number of aliphatic hydroxyl groups excluding tert-OH is 1. The lowest BCUT2D eigenvalue weighted by Gasteiger charge is -2.12.